The summed E-state index contributed by atoms with van der Waals surface area (Å²) in [7, 11) is 0. The van der Waals surface area contributed by atoms with Crippen LogP contribution in [0.5, 0.6) is 0 Å². The topological polar surface area (TPSA) is 44.2 Å². The number of nitrogens with zero attached hydrogens (tertiary/aromatic N) is 3. The van der Waals surface area contributed by atoms with Crippen molar-refractivity contribution in [3.05, 3.63) is 58.9 Å². The average molecular weight is 290 g/mol. The summed E-state index contributed by atoms with van der Waals surface area (Å²) in [5, 5.41) is 11.2. The van der Waals surface area contributed by atoms with E-state index in [1.807, 2.05) is 28.8 Å². The van der Waals surface area contributed by atoms with Gasteiger partial charge in [-0.25, -0.2) is 4.98 Å². The van der Waals surface area contributed by atoms with E-state index in [1.54, 1.807) is 18.5 Å². The van der Waals surface area contributed by atoms with Crippen LogP contribution in [0.25, 0.3) is 16.8 Å². The SMILES string of the molecule is [O-][n+]1cccc(-c2ccc3ncc(Br)n3c2)c1. The highest BCUT2D eigenvalue weighted by molar-refractivity contribution is 9.10. The summed E-state index contributed by atoms with van der Waals surface area (Å²) in [4.78, 5) is 4.22. The Hall–Kier alpha value is -1.88. The van der Waals surface area contributed by atoms with Crippen LogP contribution in [0.3, 0.4) is 0 Å². The lowest BCUT2D eigenvalue weighted by atomic mass is 10.1. The number of hydrogen-bond donors (Lipinski definition) is 0. The van der Waals surface area contributed by atoms with Crippen LogP contribution in [0, 0.1) is 5.21 Å². The molecule has 0 bridgehead atoms. The normalized spacial score (nSPS) is 10.9. The highest BCUT2D eigenvalue weighted by Crippen LogP contribution is 2.20. The molecule has 0 unspecified atom stereocenters. The summed E-state index contributed by atoms with van der Waals surface area (Å²) < 4.78 is 3.61. The van der Waals surface area contributed by atoms with Gasteiger partial charge in [-0.2, -0.15) is 4.73 Å². The lowest BCUT2D eigenvalue weighted by molar-refractivity contribution is -0.604. The second-order valence-electron chi connectivity index (χ2n) is 3.68. The fourth-order valence-electron chi connectivity index (χ4n) is 1.75. The van der Waals surface area contributed by atoms with Crippen LogP contribution in [0.15, 0.2) is 53.7 Å². The zero-order chi connectivity index (χ0) is 11.8. The monoisotopic (exact) mass is 289 g/mol. The minimum atomic E-state index is 0.794. The van der Waals surface area contributed by atoms with Crippen LogP contribution in [0.2, 0.25) is 0 Å². The van der Waals surface area contributed by atoms with Crippen molar-refractivity contribution in [3.63, 3.8) is 0 Å². The van der Waals surface area contributed by atoms with Crippen LogP contribution < -0.4 is 4.73 Å². The predicted molar refractivity (Wildman–Crippen MR) is 67.3 cm³/mol. The Morgan fingerprint density at radius 1 is 1.24 bits per heavy atom. The second-order valence-corrected chi connectivity index (χ2v) is 4.49. The molecule has 0 aliphatic heterocycles. The van der Waals surface area contributed by atoms with Crippen LogP contribution in [0.4, 0.5) is 0 Å². The van der Waals surface area contributed by atoms with Crippen molar-refractivity contribution in [1.82, 2.24) is 9.38 Å². The molecule has 3 aromatic heterocycles. The van der Waals surface area contributed by atoms with Crippen LogP contribution in [-0.4, -0.2) is 9.38 Å². The number of aromatic nitrogens is 3. The molecule has 3 heterocycles. The number of pyridine rings is 2. The van der Waals surface area contributed by atoms with Gasteiger partial charge in [0.25, 0.3) is 0 Å². The van der Waals surface area contributed by atoms with E-state index >= 15 is 0 Å². The first-order chi connectivity index (χ1) is 8.24. The molecular formula is C12H8BrN3O. The van der Waals surface area contributed by atoms with Crippen molar-refractivity contribution in [2.24, 2.45) is 0 Å². The van der Waals surface area contributed by atoms with Gasteiger partial charge in [0.05, 0.1) is 6.20 Å². The van der Waals surface area contributed by atoms with E-state index in [0.29, 0.717) is 0 Å². The average Bonchev–Trinajstić information content (AvgIpc) is 2.71. The molecule has 0 spiro atoms. The standard InChI is InChI=1S/C12H8BrN3O/c13-11-6-14-12-4-3-10(8-16(11)12)9-2-1-5-15(17)7-9/h1-8H. The molecular weight excluding hydrogens is 282 g/mol. The van der Waals surface area contributed by atoms with Gasteiger partial charge in [0.15, 0.2) is 12.4 Å². The molecule has 0 aromatic carbocycles. The van der Waals surface area contributed by atoms with Gasteiger partial charge in [-0.1, -0.05) is 0 Å². The zero-order valence-electron chi connectivity index (χ0n) is 8.75. The van der Waals surface area contributed by atoms with E-state index in [2.05, 4.69) is 20.9 Å². The summed E-state index contributed by atoms with van der Waals surface area (Å²) in [6.45, 7) is 0. The largest absolute Gasteiger partial charge is 0.619 e. The molecule has 4 nitrogen and oxygen atoms in total. The van der Waals surface area contributed by atoms with Gasteiger partial charge >= 0.3 is 0 Å². The Labute approximate surface area is 106 Å². The van der Waals surface area contributed by atoms with E-state index in [4.69, 9.17) is 0 Å². The fourth-order valence-corrected chi connectivity index (χ4v) is 2.13. The number of halogens is 1. The molecule has 0 N–H and O–H groups in total. The van der Waals surface area contributed by atoms with Gasteiger partial charge in [-0.05, 0) is 34.1 Å². The molecule has 3 rings (SSSR count). The first-order valence-corrected chi connectivity index (χ1v) is 5.85. The van der Waals surface area contributed by atoms with Gasteiger partial charge in [-0.15, -0.1) is 0 Å². The first kappa shape index (κ1) is 10.3. The van der Waals surface area contributed by atoms with E-state index in [0.717, 1.165) is 26.1 Å². The quantitative estimate of drug-likeness (QED) is 0.510. The first-order valence-electron chi connectivity index (χ1n) is 5.06. The molecule has 0 fully saturated rings. The van der Waals surface area contributed by atoms with Gasteiger partial charge < -0.3 is 5.21 Å². The molecule has 0 aliphatic rings. The molecule has 0 atom stereocenters. The molecule has 84 valence electrons. The minimum absolute atomic E-state index is 0.794. The molecule has 3 aromatic rings. The minimum Gasteiger partial charge on any atom is -0.619 e. The molecule has 0 amide bonds. The van der Waals surface area contributed by atoms with Crippen molar-refractivity contribution in [3.8, 4) is 11.1 Å². The number of fused-ring (bicyclic) bond motifs is 1. The summed E-state index contributed by atoms with van der Waals surface area (Å²) in [5.74, 6) is 0. The molecule has 0 radical (unpaired) electrons. The maximum atomic E-state index is 11.2. The maximum absolute atomic E-state index is 11.2. The third-order valence-electron chi connectivity index (χ3n) is 2.57. The fraction of sp³-hybridized carbons (Fsp3) is 0. The highest BCUT2D eigenvalue weighted by atomic mass is 79.9. The van der Waals surface area contributed by atoms with Crippen LogP contribution in [0.1, 0.15) is 0 Å². The van der Waals surface area contributed by atoms with E-state index in [-0.39, 0.29) is 0 Å². The Morgan fingerprint density at radius 2 is 2.12 bits per heavy atom. The Bertz CT molecular complexity index is 693. The molecule has 0 saturated heterocycles. The summed E-state index contributed by atoms with van der Waals surface area (Å²) in [6, 6.07) is 7.50. The van der Waals surface area contributed by atoms with Crippen molar-refractivity contribution < 1.29 is 4.73 Å². The maximum Gasteiger partial charge on any atom is 0.188 e. The molecule has 0 aliphatic carbocycles. The van der Waals surface area contributed by atoms with E-state index in [1.165, 1.54) is 6.20 Å². The Kier molecular flexibility index (Phi) is 2.33. The third kappa shape index (κ3) is 1.78. The molecule has 5 heteroatoms. The smallest absolute Gasteiger partial charge is 0.188 e. The van der Waals surface area contributed by atoms with Gasteiger partial charge in [-0.3, -0.25) is 4.40 Å². The van der Waals surface area contributed by atoms with Gasteiger partial charge in [0.2, 0.25) is 0 Å². The summed E-state index contributed by atoms with van der Waals surface area (Å²) in [5.41, 5.74) is 2.72. The summed E-state index contributed by atoms with van der Waals surface area (Å²) >= 11 is 3.42. The van der Waals surface area contributed by atoms with Crippen LogP contribution >= 0.6 is 15.9 Å². The third-order valence-corrected chi connectivity index (χ3v) is 3.16. The lowest BCUT2D eigenvalue weighted by Gasteiger charge is -2.03. The van der Waals surface area contributed by atoms with E-state index in [9.17, 15) is 5.21 Å². The number of rotatable bonds is 1. The Morgan fingerprint density at radius 3 is 2.94 bits per heavy atom. The van der Waals surface area contributed by atoms with Gasteiger partial charge in [0, 0.05) is 23.4 Å². The zero-order valence-corrected chi connectivity index (χ0v) is 10.3. The van der Waals surface area contributed by atoms with Crippen molar-refractivity contribution in [2.75, 3.05) is 0 Å². The molecule has 17 heavy (non-hydrogen) atoms. The second kappa shape index (κ2) is 3.85. The molecule has 0 saturated carbocycles. The Balaban J connectivity index is 2.20. The van der Waals surface area contributed by atoms with E-state index < -0.39 is 0 Å². The lowest BCUT2D eigenvalue weighted by Crippen LogP contribution is -2.23. The highest BCUT2D eigenvalue weighted by Gasteiger charge is 2.05. The summed E-state index contributed by atoms with van der Waals surface area (Å²) in [6.07, 6.45) is 6.71. The van der Waals surface area contributed by atoms with Crippen molar-refractivity contribution in [2.45, 2.75) is 0 Å². The predicted octanol–water partition coefficient (Wildman–Crippen LogP) is 2.40. The van der Waals surface area contributed by atoms with Crippen molar-refractivity contribution >= 4 is 21.6 Å². The van der Waals surface area contributed by atoms with Crippen LogP contribution in [-0.2, 0) is 0 Å². The van der Waals surface area contributed by atoms with Gasteiger partial charge in [0.1, 0.15) is 10.3 Å². The number of imidazole rings is 1. The number of hydrogen-bond acceptors (Lipinski definition) is 2. The van der Waals surface area contributed by atoms with Crippen molar-refractivity contribution in [1.29, 1.82) is 0 Å².